The molecule has 2 nitrogen and oxygen atoms in total. The Hall–Kier alpha value is -0.709. The number of halogens is 2. The molecule has 4 rings (SSSR count). The number of carbonyl (C=O) groups is 1. The molecule has 1 saturated carbocycles. The average Bonchev–Trinajstić information content (AvgIpc) is 3.14. The molecule has 0 spiro atoms. The van der Waals surface area contributed by atoms with Crippen LogP contribution in [0.15, 0.2) is 54.6 Å². The van der Waals surface area contributed by atoms with Gasteiger partial charge in [0.1, 0.15) is 0 Å². The number of hydrogen-bond acceptors (Lipinski definition) is 1. The second-order valence-corrected chi connectivity index (χ2v) is 9.64. The predicted octanol–water partition coefficient (Wildman–Crippen LogP) is 2.99. The van der Waals surface area contributed by atoms with Crippen molar-refractivity contribution in [3.8, 4) is 0 Å². The van der Waals surface area contributed by atoms with Crippen molar-refractivity contribution in [1.29, 1.82) is 0 Å². The Labute approximate surface area is 237 Å². The van der Waals surface area contributed by atoms with Gasteiger partial charge in [-0.15, -0.1) is 39.7 Å². The van der Waals surface area contributed by atoms with Gasteiger partial charge in [0.15, 0.2) is 0 Å². The third-order valence-corrected chi connectivity index (χ3v) is 6.00. The summed E-state index contributed by atoms with van der Waals surface area (Å²) in [5, 5.41) is 5.39. The van der Waals surface area contributed by atoms with Crippen molar-refractivity contribution in [2.75, 3.05) is 0 Å². The van der Waals surface area contributed by atoms with Gasteiger partial charge in [0, 0.05) is 15.4 Å². The largest absolute Gasteiger partial charge is 4.00 e. The number of fused-ring (bicyclic) bond motifs is 3. The minimum absolute atomic E-state index is 0. The summed E-state index contributed by atoms with van der Waals surface area (Å²) in [5.74, 6) is -0.281. The van der Waals surface area contributed by atoms with Crippen molar-refractivity contribution in [3.63, 3.8) is 0 Å². The number of amides is 1. The smallest absolute Gasteiger partial charge is 1.00 e. The number of rotatable bonds is 1. The van der Waals surface area contributed by atoms with Gasteiger partial charge >= 0.3 is 21.7 Å². The van der Waals surface area contributed by atoms with Gasteiger partial charge in [0.05, 0.1) is 5.91 Å². The zero-order chi connectivity index (χ0) is 22.3. The van der Waals surface area contributed by atoms with Crippen LogP contribution in [0, 0.1) is 5.92 Å². The summed E-state index contributed by atoms with van der Waals surface area (Å²) < 4.78 is 0. The third kappa shape index (κ3) is 12.8. The molecule has 0 unspecified atom stereocenters. The zero-order valence-corrected chi connectivity index (χ0v) is 24.8. The van der Waals surface area contributed by atoms with Crippen LogP contribution >= 0.6 is 0 Å². The van der Waals surface area contributed by atoms with Gasteiger partial charge < -0.3 is 35.3 Å². The van der Waals surface area contributed by atoms with Gasteiger partial charge in [-0.1, -0.05) is 107 Å². The first-order valence-electron chi connectivity index (χ1n) is 12.0. The fraction of sp³-hybridized carbons (Fsp3) is 0.500. The summed E-state index contributed by atoms with van der Waals surface area (Å²) in [6, 6.07) is 19.3. The van der Waals surface area contributed by atoms with Gasteiger partial charge in [-0.25, -0.2) is 0 Å². The van der Waals surface area contributed by atoms with Crippen molar-refractivity contribution in [2.45, 2.75) is 83.7 Å². The van der Waals surface area contributed by atoms with E-state index in [4.69, 9.17) is 5.73 Å². The molecule has 6 heteroatoms. The second-order valence-electron chi connectivity index (χ2n) is 8.64. The molecule has 0 saturated heterocycles. The molecule has 0 bridgehead atoms. The maximum atomic E-state index is 11.1. The quantitative estimate of drug-likeness (QED) is 0.338. The minimum Gasteiger partial charge on any atom is -1.00 e. The molecule has 0 aliphatic heterocycles. The fourth-order valence-corrected chi connectivity index (χ4v) is 4.33. The molecule has 1 aliphatic rings. The van der Waals surface area contributed by atoms with Crippen molar-refractivity contribution < 1.29 is 51.3 Å². The van der Waals surface area contributed by atoms with E-state index in [9.17, 15) is 4.79 Å². The SMILES string of the molecule is C[Si]C.[Cl-].[Cl-].[NH-]C(=O)C1CCCCCCCCCCC1.[Ti+4].c1ccc2c(c1)[cH-]c1ccccc12. The zero-order valence-electron chi connectivity index (χ0n) is 20.7. The Bertz CT molecular complexity index is 840. The maximum absolute atomic E-state index is 11.1. The van der Waals surface area contributed by atoms with E-state index in [0.29, 0.717) is 0 Å². The molecular weight excluding hydrogens is 513 g/mol. The Morgan fingerprint density at radius 2 is 1.06 bits per heavy atom. The van der Waals surface area contributed by atoms with Crippen LogP contribution in [0.3, 0.4) is 0 Å². The first-order chi connectivity index (χ1) is 15.2. The molecule has 1 N–H and O–H groups in total. The standard InChI is InChI=1S/C13H25NO.C13H9.C2H6Si.2ClH.Ti/c14-13(15)12-10-8-6-4-2-1-3-5-7-9-11-12;1-3-7-12-10(5-1)9-11-6-2-4-8-13(11)12;1-3-2;;;/h12H,1-11H2,(H2,14,15);1-9H;1-2H3;2*1H;/q;-1;;;;+4/p-3. The molecule has 1 fully saturated rings. The molecular formula is C28H39Cl2NOSiTi. The van der Waals surface area contributed by atoms with Gasteiger partial charge in [0.2, 0.25) is 0 Å². The molecule has 2 radical (unpaired) electrons. The van der Waals surface area contributed by atoms with E-state index in [1.54, 1.807) is 0 Å². The van der Waals surface area contributed by atoms with Crippen LogP contribution in [0.5, 0.6) is 0 Å². The molecule has 3 aromatic rings. The van der Waals surface area contributed by atoms with Crippen molar-refractivity contribution in [3.05, 3.63) is 60.3 Å². The average molecular weight is 552 g/mol. The summed E-state index contributed by atoms with van der Waals surface area (Å²) in [6.45, 7) is 4.31. The van der Waals surface area contributed by atoms with E-state index >= 15 is 0 Å². The number of nitrogens with one attached hydrogen (secondary N) is 1. The predicted molar refractivity (Wildman–Crippen MR) is 138 cm³/mol. The Morgan fingerprint density at radius 3 is 1.41 bits per heavy atom. The molecule has 1 amide bonds. The fourth-order valence-electron chi connectivity index (χ4n) is 4.33. The topological polar surface area (TPSA) is 40.9 Å². The summed E-state index contributed by atoms with van der Waals surface area (Å²) in [5.41, 5.74) is 7.23. The normalized spacial score (nSPS) is 14.8. The summed E-state index contributed by atoms with van der Waals surface area (Å²) in [4.78, 5) is 11.1. The first-order valence-corrected chi connectivity index (χ1v) is 14.0. The Morgan fingerprint density at radius 1 is 0.735 bits per heavy atom. The monoisotopic (exact) mass is 551 g/mol. The van der Waals surface area contributed by atoms with Crippen molar-refractivity contribution >= 4 is 37.0 Å². The van der Waals surface area contributed by atoms with E-state index in [0.717, 1.165) is 35.2 Å². The number of benzene rings is 2. The maximum Gasteiger partial charge on any atom is 4.00 e. The van der Waals surface area contributed by atoms with E-state index in [1.807, 2.05) is 0 Å². The van der Waals surface area contributed by atoms with E-state index < -0.39 is 0 Å². The summed E-state index contributed by atoms with van der Waals surface area (Å²) in [7, 11) is 1.08. The van der Waals surface area contributed by atoms with Crippen molar-refractivity contribution in [1.82, 2.24) is 0 Å². The van der Waals surface area contributed by atoms with E-state index in [1.165, 1.54) is 66.5 Å². The van der Waals surface area contributed by atoms with Gasteiger partial charge in [0.25, 0.3) is 0 Å². The molecule has 184 valence electrons. The van der Waals surface area contributed by atoms with Gasteiger partial charge in [-0.05, 0) is 12.8 Å². The van der Waals surface area contributed by atoms with E-state index in [2.05, 4.69) is 67.7 Å². The summed E-state index contributed by atoms with van der Waals surface area (Å²) in [6.07, 6.45) is 13.5. The number of carbonyl (C=O) groups excluding carboxylic acids is 1. The molecule has 3 aromatic carbocycles. The molecule has 1 aliphatic carbocycles. The molecule has 0 heterocycles. The molecule has 0 aromatic heterocycles. The van der Waals surface area contributed by atoms with Crippen molar-refractivity contribution in [2.24, 2.45) is 5.92 Å². The first kappa shape index (κ1) is 35.5. The van der Waals surface area contributed by atoms with E-state index in [-0.39, 0.29) is 58.4 Å². The molecule has 34 heavy (non-hydrogen) atoms. The number of hydrogen-bond donors (Lipinski definition) is 0. The minimum atomic E-state index is -0.327. The van der Waals surface area contributed by atoms with Crippen LogP contribution in [-0.2, 0) is 26.5 Å². The summed E-state index contributed by atoms with van der Waals surface area (Å²) >= 11 is 0. The van der Waals surface area contributed by atoms with Crippen LogP contribution in [0.4, 0.5) is 0 Å². The Balaban J connectivity index is 0. The van der Waals surface area contributed by atoms with Crippen LogP contribution < -0.4 is 24.8 Å². The van der Waals surface area contributed by atoms with Crippen LogP contribution in [0.2, 0.25) is 13.1 Å². The van der Waals surface area contributed by atoms with Gasteiger partial charge in [-0.3, -0.25) is 0 Å². The second kappa shape index (κ2) is 21.6. The van der Waals surface area contributed by atoms with Crippen LogP contribution in [0.1, 0.15) is 70.6 Å². The van der Waals surface area contributed by atoms with Crippen LogP contribution in [0.25, 0.3) is 27.3 Å². The Kier molecular flexibility index (Phi) is 22.5. The van der Waals surface area contributed by atoms with Crippen LogP contribution in [-0.4, -0.2) is 15.4 Å². The van der Waals surface area contributed by atoms with Gasteiger partial charge in [-0.2, -0.15) is 0 Å². The molecule has 0 atom stereocenters. The third-order valence-electron chi connectivity index (χ3n) is 6.00.